The number of nitrogens with zero attached hydrogens (tertiary/aromatic N) is 2. The number of carbonyl (C=O) groups is 2. The molecular weight excluding hydrogens is 320 g/mol. The van der Waals surface area contributed by atoms with Crippen molar-refractivity contribution in [3.8, 4) is 11.4 Å². The summed E-state index contributed by atoms with van der Waals surface area (Å²) < 4.78 is 7.19. The molecule has 1 N–H and O–H groups in total. The maximum Gasteiger partial charge on any atom is 0.305 e. The molecule has 1 aromatic heterocycles. The summed E-state index contributed by atoms with van der Waals surface area (Å²) in [6, 6.07) is 9.48. The van der Waals surface area contributed by atoms with Gasteiger partial charge in [-0.05, 0) is 51.1 Å². The zero-order valence-electron chi connectivity index (χ0n) is 15.1. The van der Waals surface area contributed by atoms with Gasteiger partial charge in [0, 0.05) is 30.2 Å². The predicted octanol–water partition coefficient (Wildman–Crippen LogP) is 3.04. The van der Waals surface area contributed by atoms with Gasteiger partial charge < -0.3 is 19.3 Å². The third kappa shape index (κ3) is 4.02. The van der Waals surface area contributed by atoms with Crippen LogP contribution in [0, 0.1) is 13.8 Å². The Balaban J connectivity index is 2.33. The van der Waals surface area contributed by atoms with Gasteiger partial charge >= 0.3 is 5.97 Å². The summed E-state index contributed by atoms with van der Waals surface area (Å²) in [7, 11) is 1.62. The lowest BCUT2D eigenvalue weighted by atomic mass is 10.2. The standard InChI is InChI=1S/C19H24N2O4/c1-5-20(11-10-18(22)23)19(24)17-12-13(2)21(14(17)3)15-6-8-16(25-4)9-7-15/h6-9,12H,5,10-11H2,1-4H3,(H,22,23). The number of hydrogen-bond donors (Lipinski definition) is 1. The molecule has 0 spiro atoms. The van der Waals surface area contributed by atoms with Gasteiger partial charge in [0.1, 0.15) is 5.75 Å². The number of amides is 1. The van der Waals surface area contributed by atoms with E-state index in [0.717, 1.165) is 22.8 Å². The van der Waals surface area contributed by atoms with Crippen LogP contribution in [0.1, 0.15) is 35.1 Å². The zero-order chi connectivity index (χ0) is 18.6. The highest BCUT2D eigenvalue weighted by Crippen LogP contribution is 2.23. The minimum atomic E-state index is -0.907. The Labute approximate surface area is 147 Å². The Morgan fingerprint density at radius 2 is 1.84 bits per heavy atom. The van der Waals surface area contributed by atoms with Crippen molar-refractivity contribution < 1.29 is 19.4 Å². The van der Waals surface area contributed by atoms with E-state index in [1.165, 1.54) is 0 Å². The van der Waals surface area contributed by atoms with E-state index in [2.05, 4.69) is 0 Å². The summed E-state index contributed by atoms with van der Waals surface area (Å²) in [6.07, 6.45) is -0.0587. The topological polar surface area (TPSA) is 71.8 Å². The molecular formula is C19H24N2O4. The normalized spacial score (nSPS) is 10.6. The molecule has 0 saturated carbocycles. The number of aryl methyl sites for hydroxylation is 1. The molecule has 6 nitrogen and oxygen atoms in total. The number of carboxylic acid groups (broad SMARTS) is 1. The molecule has 0 atom stereocenters. The maximum atomic E-state index is 12.8. The Morgan fingerprint density at radius 1 is 1.20 bits per heavy atom. The van der Waals surface area contributed by atoms with Crippen molar-refractivity contribution in [1.29, 1.82) is 0 Å². The number of aromatic nitrogens is 1. The van der Waals surface area contributed by atoms with E-state index in [-0.39, 0.29) is 18.9 Å². The highest BCUT2D eigenvalue weighted by Gasteiger charge is 2.21. The fraction of sp³-hybridized carbons (Fsp3) is 0.368. The summed E-state index contributed by atoms with van der Waals surface area (Å²) in [6.45, 7) is 6.37. The lowest BCUT2D eigenvalue weighted by Gasteiger charge is -2.20. The molecule has 0 aliphatic carbocycles. The smallest absolute Gasteiger partial charge is 0.305 e. The van der Waals surface area contributed by atoms with Crippen molar-refractivity contribution in [2.24, 2.45) is 0 Å². The van der Waals surface area contributed by atoms with Crippen LogP contribution in [0.2, 0.25) is 0 Å². The van der Waals surface area contributed by atoms with E-state index in [1.807, 2.05) is 55.7 Å². The Hall–Kier alpha value is -2.76. The fourth-order valence-electron chi connectivity index (χ4n) is 2.91. The van der Waals surface area contributed by atoms with Gasteiger partial charge in [-0.3, -0.25) is 9.59 Å². The summed E-state index contributed by atoms with van der Waals surface area (Å²) in [5, 5.41) is 8.85. The van der Waals surface area contributed by atoms with E-state index < -0.39 is 5.97 Å². The van der Waals surface area contributed by atoms with Gasteiger partial charge in [0.2, 0.25) is 0 Å². The average molecular weight is 344 g/mol. The minimum Gasteiger partial charge on any atom is -0.497 e. The molecule has 1 heterocycles. The van der Waals surface area contributed by atoms with Crippen LogP contribution >= 0.6 is 0 Å². The molecule has 25 heavy (non-hydrogen) atoms. The number of hydrogen-bond acceptors (Lipinski definition) is 3. The predicted molar refractivity (Wildman–Crippen MR) is 95.6 cm³/mol. The summed E-state index contributed by atoms with van der Waals surface area (Å²) in [4.78, 5) is 25.2. The molecule has 0 saturated heterocycles. The van der Waals surface area contributed by atoms with Crippen molar-refractivity contribution in [1.82, 2.24) is 9.47 Å². The lowest BCUT2D eigenvalue weighted by molar-refractivity contribution is -0.137. The Morgan fingerprint density at radius 3 is 2.36 bits per heavy atom. The minimum absolute atomic E-state index is 0.0587. The van der Waals surface area contributed by atoms with Crippen LogP contribution in [0.4, 0.5) is 0 Å². The number of carbonyl (C=O) groups excluding carboxylic acids is 1. The largest absolute Gasteiger partial charge is 0.497 e. The molecule has 1 aromatic carbocycles. The van der Waals surface area contributed by atoms with E-state index in [9.17, 15) is 9.59 Å². The molecule has 2 rings (SSSR count). The van der Waals surface area contributed by atoms with Gasteiger partial charge in [0.25, 0.3) is 5.91 Å². The van der Waals surface area contributed by atoms with E-state index in [0.29, 0.717) is 12.1 Å². The third-order valence-corrected chi connectivity index (χ3v) is 4.26. The molecule has 0 unspecified atom stereocenters. The van der Waals surface area contributed by atoms with Crippen LogP contribution in [-0.2, 0) is 4.79 Å². The molecule has 6 heteroatoms. The Kier molecular flexibility index (Phi) is 5.85. The molecule has 2 aromatic rings. The Bertz CT molecular complexity index is 762. The SMILES string of the molecule is CCN(CCC(=O)O)C(=O)c1cc(C)n(-c2ccc(OC)cc2)c1C. The van der Waals surface area contributed by atoms with Gasteiger partial charge in [0.15, 0.2) is 0 Å². The number of benzene rings is 1. The van der Waals surface area contributed by atoms with Crippen LogP contribution in [-0.4, -0.2) is 46.6 Å². The molecule has 134 valence electrons. The van der Waals surface area contributed by atoms with Crippen molar-refractivity contribution >= 4 is 11.9 Å². The van der Waals surface area contributed by atoms with Crippen LogP contribution in [0.5, 0.6) is 5.75 Å². The van der Waals surface area contributed by atoms with E-state index >= 15 is 0 Å². The molecule has 0 aliphatic heterocycles. The number of methoxy groups -OCH3 is 1. The van der Waals surface area contributed by atoms with Crippen LogP contribution < -0.4 is 4.74 Å². The summed E-state index contributed by atoms with van der Waals surface area (Å²) >= 11 is 0. The van der Waals surface area contributed by atoms with Crippen molar-refractivity contribution in [3.63, 3.8) is 0 Å². The monoisotopic (exact) mass is 344 g/mol. The third-order valence-electron chi connectivity index (χ3n) is 4.26. The lowest BCUT2D eigenvalue weighted by Crippen LogP contribution is -2.33. The first-order valence-corrected chi connectivity index (χ1v) is 8.23. The summed E-state index contributed by atoms with van der Waals surface area (Å²) in [5.74, 6) is -0.278. The highest BCUT2D eigenvalue weighted by atomic mass is 16.5. The van der Waals surface area contributed by atoms with Gasteiger partial charge in [-0.25, -0.2) is 0 Å². The molecule has 0 fully saturated rings. The molecule has 0 bridgehead atoms. The van der Waals surface area contributed by atoms with Gasteiger partial charge in [-0.1, -0.05) is 0 Å². The number of rotatable bonds is 7. The molecule has 0 aliphatic rings. The highest BCUT2D eigenvalue weighted by molar-refractivity contribution is 5.96. The fourth-order valence-corrected chi connectivity index (χ4v) is 2.91. The van der Waals surface area contributed by atoms with Crippen LogP contribution in [0.15, 0.2) is 30.3 Å². The number of carboxylic acids is 1. The van der Waals surface area contributed by atoms with Crippen molar-refractivity contribution in [2.45, 2.75) is 27.2 Å². The van der Waals surface area contributed by atoms with Gasteiger partial charge in [-0.2, -0.15) is 0 Å². The second-order valence-corrected chi connectivity index (χ2v) is 5.85. The second-order valence-electron chi connectivity index (χ2n) is 5.85. The molecule has 0 radical (unpaired) electrons. The van der Waals surface area contributed by atoms with Crippen molar-refractivity contribution in [2.75, 3.05) is 20.2 Å². The first kappa shape index (κ1) is 18.6. The van der Waals surface area contributed by atoms with Crippen molar-refractivity contribution in [3.05, 3.63) is 47.3 Å². The van der Waals surface area contributed by atoms with E-state index in [4.69, 9.17) is 9.84 Å². The van der Waals surface area contributed by atoms with Crippen LogP contribution in [0.3, 0.4) is 0 Å². The maximum absolute atomic E-state index is 12.8. The van der Waals surface area contributed by atoms with Gasteiger partial charge in [-0.15, -0.1) is 0 Å². The first-order valence-electron chi connectivity index (χ1n) is 8.23. The second kappa shape index (κ2) is 7.88. The number of ether oxygens (including phenoxy) is 1. The first-order chi connectivity index (χ1) is 11.9. The van der Waals surface area contributed by atoms with Gasteiger partial charge in [0.05, 0.1) is 19.1 Å². The van der Waals surface area contributed by atoms with Crippen LogP contribution in [0.25, 0.3) is 5.69 Å². The van der Waals surface area contributed by atoms with E-state index in [1.54, 1.807) is 12.0 Å². The summed E-state index contributed by atoms with van der Waals surface area (Å²) in [5.41, 5.74) is 3.32. The number of aliphatic carboxylic acids is 1. The average Bonchev–Trinajstić information content (AvgIpc) is 2.89. The quantitative estimate of drug-likeness (QED) is 0.838. The molecule has 1 amide bonds. The zero-order valence-corrected chi connectivity index (χ0v) is 15.1.